The van der Waals surface area contributed by atoms with Gasteiger partial charge in [-0.1, -0.05) is 42.5 Å². The average Bonchev–Trinajstić information content (AvgIpc) is 2.36. The fourth-order valence-corrected chi connectivity index (χ4v) is 2.89. The minimum Gasteiger partial charge on any atom is -0.0616 e. The van der Waals surface area contributed by atoms with Gasteiger partial charge in [0.2, 0.25) is 0 Å². The van der Waals surface area contributed by atoms with Crippen LogP contribution in [0.25, 0.3) is 21.5 Å². The molecule has 0 nitrogen and oxygen atoms in total. The van der Waals surface area contributed by atoms with Crippen LogP contribution in [0.3, 0.4) is 0 Å². The van der Waals surface area contributed by atoms with Crippen molar-refractivity contribution in [2.24, 2.45) is 0 Å². The van der Waals surface area contributed by atoms with Gasteiger partial charge in [0.1, 0.15) is 0 Å². The summed E-state index contributed by atoms with van der Waals surface area (Å²) in [6, 6.07) is 15.3. The first kappa shape index (κ1) is 10.3. The fraction of sp³-hybridized carbons (Fsp3) is 0.176. The quantitative estimate of drug-likeness (QED) is 0.472. The first-order chi connectivity index (χ1) is 8.20. The molecule has 0 saturated carbocycles. The normalized spacial score (nSPS) is 11.2. The van der Waals surface area contributed by atoms with Crippen molar-refractivity contribution in [2.45, 2.75) is 20.8 Å². The zero-order valence-electron chi connectivity index (χ0n) is 10.5. The molecule has 0 bridgehead atoms. The van der Waals surface area contributed by atoms with Gasteiger partial charge in [0.15, 0.2) is 0 Å². The smallest absolute Gasteiger partial charge is 0.0116 e. The van der Waals surface area contributed by atoms with Crippen molar-refractivity contribution in [1.29, 1.82) is 0 Å². The highest BCUT2D eigenvalue weighted by Gasteiger charge is 2.09. The van der Waals surface area contributed by atoms with E-state index in [0.717, 1.165) is 0 Å². The fourth-order valence-electron chi connectivity index (χ4n) is 2.89. The van der Waals surface area contributed by atoms with Gasteiger partial charge in [-0.25, -0.2) is 0 Å². The Morgan fingerprint density at radius 3 is 1.88 bits per heavy atom. The predicted molar refractivity (Wildman–Crippen MR) is 75.7 cm³/mol. The zero-order valence-corrected chi connectivity index (χ0v) is 10.5. The van der Waals surface area contributed by atoms with Gasteiger partial charge in [-0.05, 0) is 59.0 Å². The summed E-state index contributed by atoms with van der Waals surface area (Å²) >= 11 is 0. The lowest BCUT2D eigenvalue weighted by atomic mass is 9.91. The zero-order chi connectivity index (χ0) is 12.0. The summed E-state index contributed by atoms with van der Waals surface area (Å²) in [5.74, 6) is 0. The van der Waals surface area contributed by atoms with E-state index in [-0.39, 0.29) is 0 Å². The lowest BCUT2D eigenvalue weighted by molar-refractivity contribution is 1.46. The monoisotopic (exact) mass is 220 g/mol. The molecule has 0 N–H and O–H groups in total. The molecule has 0 fully saturated rings. The maximum atomic E-state index is 2.23. The van der Waals surface area contributed by atoms with Crippen molar-refractivity contribution in [3.8, 4) is 0 Å². The number of hydrogen-bond donors (Lipinski definition) is 0. The summed E-state index contributed by atoms with van der Waals surface area (Å²) in [6.07, 6.45) is 0. The molecular weight excluding hydrogens is 204 g/mol. The number of aryl methyl sites for hydroxylation is 3. The molecule has 0 spiro atoms. The van der Waals surface area contributed by atoms with Gasteiger partial charge in [0.05, 0.1) is 0 Å². The van der Waals surface area contributed by atoms with E-state index in [1.807, 2.05) is 0 Å². The van der Waals surface area contributed by atoms with Crippen molar-refractivity contribution in [1.82, 2.24) is 0 Å². The van der Waals surface area contributed by atoms with E-state index in [1.54, 1.807) is 0 Å². The second-order valence-electron chi connectivity index (χ2n) is 4.79. The summed E-state index contributed by atoms with van der Waals surface area (Å²) in [5.41, 5.74) is 4.16. The van der Waals surface area contributed by atoms with Crippen molar-refractivity contribution < 1.29 is 0 Å². The molecular formula is C17H16. The molecule has 0 radical (unpaired) electrons. The van der Waals surface area contributed by atoms with Crippen LogP contribution < -0.4 is 0 Å². The highest BCUT2D eigenvalue weighted by Crippen LogP contribution is 2.33. The molecule has 3 rings (SSSR count). The Kier molecular flexibility index (Phi) is 2.19. The maximum Gasteiger partial charge on any atom is -0.0116 e. The van der Waals surface area contributed by atoms with Crippen LogP contribution in [-0.2, 0) is 0 Å². The molecule has 0 atom stereocenters. The second-order valence-corrected chi connectivity index (χ2v) is 4.79. The van der Waals surface area contributed by atoms with E-state index < -0.39 is 0 Å². The SMILES string of the molecule is Cc1c2ccccc2c(C)c2c(C)cccc12. The maximum absolute atomic E-state index is 2.23. The Labute approximate surface area is 102 Å². The summed E-state index contributed by atoms with van der Waals surface area (Å²) in [4.78, 5) is 0. The molecule has 0 amide bonds. The van der Waals surface area contributed by atoms with Crippen molar-refractivity contribution in [3.05, 3.63) is 59.2 Å². The third-order valence-electron chi connectivity index (χ3n) is 3.79. The van der Waals surface area contributed by atoms with Crippen LogP contribution in [0.15, 0.2) is 42.5 Å². The molecule has 0 aliphatic rings. The van der Waals surface area contributed by atoms with Gasteiger partial charge in [0.25, 0.3) is 0 Å². The Hall–Kier alpha value is -1.82. The topological polar surface area (TPSA) is 0 Å². The number of fused-ring (bicyclic) bond motifs is 2. The Balaban J connectivity index is 2.69. The standard InChI is InChI=1S/C17H16/c1-11-7-6-10-16-12(2)14-8-4-5-9-15(14)13(3)17(11)16/h4-10H,1-3H3. The summed E-state index contributed by atoms with van der Waals surface area (Å²) < 4.78 is 0. The second kappa shape index (κ2) is 3.59. The van der Waals surface area contributed by atoms with Crippen LogP contribution in [0, 0.1) is 20.8 Å². The minimum atomic E-state index is 1.37. The number of benzene rings is 3. The molecule has 0 unspecified atom stereocenters. The molecule has 0 saturated heterocycles. The van der Waals surface area contributed by atoms with Crippen molar-refractivity contribution in [2.75, 3.05) is 0 Å². The molecule has 17 heavy (non-hydrogen) atoms. The van der Waals surface area contributed by atoms with Crippen LogP contribution in [-0.4, -0.2) is 0 Å². The van der Waals surface area contributed by atoms with Crippen LogP contribution in [0.1, 0.15) is 16.7 Å². The van der Waals surface area contributed by atoms with E-state index in [9.17, 15) is 0 Å². The molecule has 0 aromatic heterocycles. The van der Waals surface area contributed by atoms with Gasteiger partial charge in [-0.2, -0.15) is 0 Å². The highest BCUT2D eigenvalue weighted by atomic mass is 14.1. The molecule has 3 aromatic carbocycles. The predicted octanol–water partition coefficient (Wildman–Crippen LogP) is 4.92. The summed E-state index contributed by atoms with van der Waals surface area (Å²) in [5, 5.41) is 5.57. The van der Waals surface area contributed by atoms with Crippen LogP contribution in [0.2, 0.25) is 0 Å². The first-order valence-corrected chi connectivity index (χ1v) is 6.07. The van der Waals surface area contributed by atoms with E-state index >= 15 is 0 Å². The average molecular weight is 220 g/mol. The molecule has 0 aliphatic heterocycles. The first-order valence-electron chi connectivity index (χ1n) is 6.07. The van der Waals surface area contributed by atoms with Gasteiger partial charge in [0, 0.05) is 0 Å². The lowest BCUT2D eigenvalue weighted by Crippen LogP contribution is -1.89. The van der Waals surface area contributed by atoms with Crippen molar-refractivity contribution in [3.63, 3.8) is 0 Å². The third kappa shape index (κ3) is 1.37. The van der Waals surface area contributed by atoms with E-state index in [2.05, 4.69) is 63.2 Å². The summed E-state index contributed by atoms with van der Waals surface area (Å²) in [6.45, 7) is 6.66. The summed E-state index contributed by atoms with van der Waals surface area (Å²) in [7, 11) is 0. The highest BCUT2D eigenvalue weighted by molar-refractivity contribution is 6.06. The van der Waals surface area contributed by atoms with E-state index in [4.69, 9.17) is 0 Å². The molecule has 84 valence electrons. The molecule has 3 aromatic rings. The molecule has 0 heteroatoms. The van der Waals surface area contributed by atoms with Crippen LogP contribution >= 0.6 is 0 Å². The van der Waals surface area contributed by atoms with Gasteiger partial charge in [-0.15, -0.1) is 0 Å². The Morgan fingerprint density at radius 2 is 1.18 bits per heavy atom. The van der Waals surface area contributed by atoms with Gasteiger partial charge in [-0.3, -0.25) is 0 Å². The third-order valence-corrected chi connectivity index (χ3v) is 3.79. The number of rotatable bonds is 0. The Bertz CT molecular complexity index is 721. The van der Waals surface area contributed by atoms with Crippen molar-refractivity contribution >= 4 is 21.5 Å². The van der Waals surface area contributed by atoms with E-state index in [0.29, 0.717) is 0 Å². The molecule has 0 aliphatic carbocycles. The molecule has 0 heterocycles. The number of hydrogen-bond acceptors (Lipinski definition) is 0. The minimum absolute atomic E-state index is 1.37. The lowest BCUT2D eigenvalue weighted by Gasteiger charge is -2.13. The van der Waals surface area contributed by atoms with Crippen LogP contribution in [0.5, 0.6) is 0 Å². The van der Waals surface area contributed by atoms with Gasteiger partial charge < -0.3 is 0 Å². The van der Waals surface area contributed by atoms with Crippen LogP contribution in [0.4, 0.5) is 0 Å². The largest absolute Gasteiger partial charge is 0.0616 e. The van der Waals surface area contributed by atoms with Gasteiger partial charge >= 0.3 is 0 Å². The van der Waals surface area contributed by atoms with E-state index in [1.165, 1.54) is 38.2 Å². The Morgan fingerprint density at radius 1 is 0.588 bits per heavy atom.